The van der Waals surface area contributed by atoms with E-state index in [9.17, 15) is 4.79 Å². The maximum absolute atomic E-state index is 12.0. The highest BCUT2D eigenvalue weighted by atomic mass is 35.5. The second kappa shape index (κ2) is 7.22. The molecule has 0 spiro atoms. The van der Waals surface area contributed by atoms with E-state index in [0.29, 0.717) is 11.4 Å². The quantitative estimate of drug-likeness (QED) is 0.747. The molecule has 20 heavy (non-hydrogen) atoms. The van der Waals surface area contributed by atoms with Gasteiger partial charge in [0.1, 0.15) is 0 Å². The molecule has 0 atom stereocenters. The molecule has 0 N–H and O–H groups in total. The summed E-state index contributed by atoms with van der Waals surface area (Å²) in [7, 11) is 2.03. The molecule has 0 bridgehead atoms. The molecule has 0 saturated heterocycles. The van der Waals surface area contributed by atoms with Gasteiger partial charge in [0, 0.05) is 30.1 Å². The fourth-order valence-corrected chi connectivity index (χ4v) is 2.17. The number of benzene rings is 2. The minimum absolute atomic E-state index is 0.154. The predicted molar refractivity (Wildman–Crippen MR) is 83.2 cm³/mol. The van der Waals surface area contributed by atoms with Crippen LogP contribution in [-0.4, -0.2) is 24.3 Å². The van der Waals surface area contributed by atoms with Gasteiger partial charge in [-0.2, -0.15) is 0 Å². The fourth-order valence-electron chi connectivity index (χ4n) is 2.05. The van der Waals surface area contributed by atoms with Crippen molar-refractivity contribution in [3.05, 3.63) is 70.7 Å². The number of carbonyl (C=O) groups excluding carboxylic acids is 1. The largest absolute Gasteiger partial charge is 0.302 e. The normalized spacial score (nSPS) is 10.8. The second-order valence-corrected chi connectivity index (χ2v) is 5.34. The van der Waals surface area contributed by atoms with Crippen LogP contribution in [0.4, 0.5) is 0 Å². The molecule has 0 aromatic heterocycles. The second-order valence-electron chi connectivity index (χ2n) is 4.90. The van der Waals surface area contributed by atoms with Crippen LogP contribution in [-0.2, 0) is 6.54 Å². The summed E-state index contributed by atoms with van der Waals surface area (Å²) in [6.45, 7) is 1.60. The van der Waals surface area contributed by atoms with E-state index in [4.69, 9.17) is 11.6 Å². The molecule has 0 unspecified atom stereocenters. The fraction of sp³-hybridized carbons (Fsp3) is 0.235. The van der Waals surface area contributed by atoms with Crippen molar-refractivity contribution in [2.45, 2.75) is 13.0 Å². The van der Waals surface area contributed by atoms with Gasteiger partial charge in [0.25, 0.3) is 0 Å². The first-order chi connectivity index (χ1) is 9.65. The van der Waals surface area contributed by atoms with Crippen molar-refractivity contribution in [2.24, 2.45) is 0 Å². The lowest BCUT2D eigenvalue weighted by Crippen LogP contribution is -2.21. The van der Waals surface area contributed by atoms with Gasteiger partial charge in [0.05, 0.1) is 0 Å². The van der Waals surface area contributed by atoms with Crippen LogP contribution in [0.1, 0.15) is 22.3 Å². The van der Waals surface area contributed by atoms with Gasteiger partial charge in [-0.25, -0.2) is 0 Å². The van der Waals surface area contributed by atoms with Crippen LogP contribution in [0.5, 0.6) is 0 Å². The maximum atomic E-state index is 12.0. The van der Waals surface area contributed by atoms with Gasteiger partial charge in [-0.05, 0) is 36.9 Å². The Hall–Kier alpha value is -1.64. The molecule has 2 aromatic rings. The summed E-state index contributed by atoms with van der Waals surface area (Å²) < 4.78 is 0. The van der Waals surface area contributed by atoms with Crippen molar-refractivity contribution >= 4 is 17.4 Å². The lowest BCUT2D eigenvalue weighted by molar-refractivity contribution is 0.0968. The lowest BCUT2D eigenvalue weighted by atomic mass is 10.1. The van der Waals surface area contributed by atoms with Crippen LogP contribution in [0.15, 0.2) is 54.6 Å². The molecule has 3 heteroatoms. The van der Waals surface area contributed by atoms with Crippen molar-refractivity contribution in [3.8, 4) is 0 Å². The third-order valence-corrected chi connectivity index (χ3v) is 3.43. The summed E-state index contributed by atoms with van der Waals surface area (Å²) in [5, 5.41) is 0.655. The monoisotopic (exact) mass is 287 g/mol. The highest BCUT2D eigenvalue weighted by Crippen LogP contribution is 2.11. The summed E-state index contributed by atoms with van der Waals surface area (Å²) in [5.41, 5.74) is 1.98. The zero-order valence-electron chi connectivity index (χ0n) is 11.6. The number of Topliss-reactive ketones (excluding diaryl/α,β-unsaturated/α-hetero) is 1. The van der Waals surface area contributed by atoms with Crippen LogP contribution in [0, 0.1) is 0 Å². The van der Waals surface area contributed by atoms with Crippen molar-refractivity contribution in [1.82, 2.24) is 4.90 Å². The van der Waals surface area contributed by atoms with Gasteiger partial charge in [-0.3, -0.25) is 4.79 Å². The smallest absolute Gasteiger partial charge is 0.164 e. The van der Waals surface area contributed by atoms with Crippen molar-refractivity contribution < 1.29 is 4.79 Å². The van der Waals surface area contributed by atoms with Gasteiger partial charge in [0.15, 0.2) is 5.78 Å². The van der Waals surface area contributed by atoms with Crippen LogP contribution >= 0.6 is 11.6 Å². The molecule has 2 nitrogen and oxygen atoms in total. The van der Waals surface area contributed by atoms with Crippen LogP contribution in [0.2, 0.25) is 5.02 Å². The van der Waals surface area contributed by atoms with Crippen molar-refractivity contribution in [2.75, 3.05) is 13.6 Å². The number of halogens is 1. The average Bonchev–Trinajstić information content (AvgIpc) is 2.46. The Kier molecular flexibility index (Phi) is 5.33. The average molecular weight is 288 g/mol. The van der Waals surface area contributed by atoms with E-state index in [-0.39, 0.29) is 5.78 Å². The summed E-state index contributed by atoms with van der Waals surface area (Å²) in [4.78, 5) is 14.2. The molecule has 0 aliphatic rings. The molecule has 0 aliphatic carbocycles. The Balaban J connectivity index is 1.82. The standard InChI is InChI=1S/C17H18ClNO/c1-19(13-14-5-3-2-4-6-14)12-11-17(20)15-7-9-16(18)10-8-15/h2-10H,11-13H2,1H3. The molecule has 104 valence electrons. The van der Waals surface area contributed by atoms with Crippen LogP contribution in [0.3, 0.4) is 0 Å². The highest BCUT2D eigenvalue weighted by Gasteiger charge is 2.07. The van der Waals surface area contributed by atoms with E-state index in [2.05, 4.69) is 17.0 Å². The van der Waals surface area contributed by atoms with E-state index in [1.807, 2.05) is 25.2 Å². The Bertz CT molecular complexity index is 551. The Morgan fingerprint density at radius 3 is 2.35 bits per heavy atom. The first-order valence-electron chi connectivity index (χ1n) is 6.66. The molecule has 0 fully saturated rings. The van der Waals surface area contributed by atoms with E-state index in [1.165, 1.54) is 5.56 Å². The molecule has 0 heterocycles. The van der Waals surface area contributed by atoms with Crippen LogP contribution < -0.4 is 0 Å². The molecule has 0 amide bonds. The zero-order valence-corrected chi connectivity index (χ0v) is 12.3. The first kappa shape index (κ1) is 14.8. The number of nitrogens with zero attached hydrogens (tertiary/aromatic N) is 1. The van der Waals surface area contributed by atoms with E-state index >= 15 is 0 Å². The number of hydrogen-bond donors (Lipinski definition) is 0. The zero-order chi connectivity index (χ0) is 14.4. The molecule has 0 radical (unpaired) electrons. The maximum Gasteiger partial charge on any atom is 0.164 e. The minimum atomic E-state index is 0.154. The molecule has 0 saturated carbocycles. The topological polar surface area (TPSA) is 20.3 Å². The number of carbonyl (C=O) groups is 1. The number of ketones is 1. The SMILES string of the molecule is CN(CCC(=O)c1ccc(Cl)cc1)Cc1ccccc1. The van der Waals surface area contributed by atoms with E-state index < -0.39 is 0 Å². The van der Waals surface area contributed by atoms with Gasteiger partial charge in [-0.1, -0.05) is 41.9 Å². The third kappa shape index (κ3) is 4.48. The van der Waals surface area contributed by atoms with Crippen molar-refractivity contribution in [1.29, 1.82) is 0 Å². The Labute approximate surface area is 125 Å². The van der Waals surface area contributed by atoms with Crippen LogP contribution in [0.25, 0.3) is 0 Å². The molecule has 0 aliphatic heterocycles. The molecule has 2 rings (SSSR count). The summed E-state index contributed by atoms with van der Waals surface area (Å²) in [6, 6.07) is 17.3. The first-order valence-corrected chi connectivity index (χ1v) is 7.04. The van der Waals surface area contributed by atoms with E-state index in [1.54, 1.807) is 24.3 Å². The summed E-state index contributed by atoms with van der Waals surface area (Å²) in [5.74, 6) is 0.154. The predicted octanol–water partition coefficient (Wildman–Crippen LogP) is 4.04. The van der Waals surface area contributed by atoms with Gasteiger partial charge >= 0.3 is 0 Å². The third-order valence-electron chi connectivity index (χ3n) is 3.18. The molecule has 2 aromatic carbocycles. The van der Waals surface area contributed by atoms with E-state index in [0.717, 1.165) is 18.7 Å². The summed E-state index contributed by atoms with van der Waals surface area (Å²) >= 11 is 5.81. The minimum Gasteiger partial charge on any atom is -0.302 e. The van der Waals surface area contributed by atoms with Gasteiger partial charge in [0.2, 0.25) is 0 Å². The van der Waals surface area contributed by atoms with Gasteiger partial charge < -0.3 is 4.90 Å². The molecular formula is C17H18ClNO. The summed E-state index contributed by atoms with van der Waals surface area (Å²) in [6.07, 6.45) is 0.519. The Morgan fingerprint density at radius 1 is 1.05 bits per heavy atom. The lowest BCUT2D eigenvalue weighted by Gasteiger charge is -2.16. The van der Waals surface area contributed by atoms with Crippen molar-refractivity contribution in [3.63, 3.8) is 0 Å². The van der Waals surface area contributed by atoms with Gasteiger partial charge in [-0.15, -0.1) is 0 Å². The Morgan fingerprint density at radius 2 is 1.70 bits per heavy atom. The highest BCUT2D eigenvalue weighted by molar-refractivity contribution is 6.30. The number of rotatable bonds is 6. The number of hydrogen-bond acceptors (Lipinski definition) is 2. The molecular weight excluding hydrogens is 270 g/mol.